The molecule has 0 radical (unpaired) electrons. The Bertz CT molecular complexity index is 1100. The van der Waals surface area contributed by atoms with Crippen LogP contribution in [0.25, 0.3) is 22.1 Å². The Morgan fingerprint density at radius 2 is 1.85 bits per heavy atom. The van der Waals surface area contributed by atoms with Crippen molar-refractivity contribution >= 4 is 16.7 Å². The first kappa shape index (κ1) is 17.0. The first-order chi connectivity index (χ1) is 13.2. The maximum Gasteiger partial charge on any atom is 0.273 e. The van der Waals surface area contributed by atoms with Gasteiger partial charge < -0.3 is 9.73 Å². The maximum absolute atomic E-state index is 13.2. The van der Waals surface area contributed by atoms with Gasteiger partial charge in [-0.05, 0) is 41.0 Å². The third kappa shape index (κ3) is 3.72. The van der Waals surface area contributed by atoms with Gasteiger partial charge in [-0.2, -0.15) is 0 Å². The summed E-state index contributed by atoms with van der Waals surface area (Å²) in [6.45, 7) is 0.381. The number of rotatable bonds is 5. The fraction of sp³-hybridized carbons (Fsp3) is 0.0909. The zero-order valence-corrected chi connectivity index (χ0v) is 14.5. The second-order valence-electron chi connectivity index (χ2n) is 6.23. The highest BCUT2D eigenvalue weighted by molar-refractivity contribution is 5.98. The summed E-state index contributed by atoms with van der Waals surface area (Å²) in [4.78, 5) is 16.6. The zero-order valence-electron chi connectivity index (χ0n) is 14.5. The first-order valence-electron chi connectivity index (χ1n) is 8.66. The molecule has 0 bridgehead atoms. The molecule has 3 aromatic carbocycles. The topological polar surface area (TPSA) is 55.1 Å². The van der Waals surface area contributed by atoms with Crippen molar-refractivity contribution in [3.8, 4) is 11.3 Å². The number of hydrogen-bond acceptors (Lipinski definition) is 3. The van der Waals surface area contributed by atoms with Crippen molar-refractivity contribution in [1.82, 2.24) is 10.3 Å². The summed E-state index contributed by atoms with van der Waals surface area (Å²) in [5, 5.41) is 4.99. The summed E-state index contributed by atoms with van der Waals surface area (Å²) in [5.41, 5.74) is 1.86. The minimum absolute atomic E-state index is 0.240. The summed E-state index contributed by atoms with van der Waals surface area (Å²) in [5.74, 6) is -0.166. The monoisotopic (exact) mass is 360 g/mol. The van der Waals surface area contributed by atoms with E-state index in [0.29, 0.717) is 18.7 Å². The minimum atomic E-state index is -0.316. The van der Waals surface area contributed by atoms with E-state index < -0.39 is 0 Å². The van der Waals surface area contributed by atoms with E-state index in [9.17, 15) is 9.18 Å². The Hall–Kier alpha value is -3.47. The number of aromatic nitrogens is 1. The summed E-state index contributed by atoms with van der Waals surface area (Å²) in [7, 11) is 0. The van der Waals surface area contributed by atoms with Gasteiger partial charge in [0, 0.05) is 12.1 Å². The normalized spacial score (nSPS) is 10.9. The number of amides is 1. The SMILES string of the molecule is O=C(NCCc1cccc(F)c1)c1ncoc1-c1ccc2ccccc2c1. The lowest BCUT2D eigenvalue weighted by Gasteiger charge is -2.06. The van der Waals surface area contributed by atoms with E-state index in [4.69, 9.17) is 4.42 Å². The van der Waals surface area contributed by atoms with Crippen molar-refractivity contribution in [3.63, 3.8) is 0 Å². The predicted molar refractivity (Wildman–Crippen MR) is 102 cm³/mol. The predicted octanol–water partition coefficient (Wildman–Crippen LogP) is 4.61. The van der Waals surface area contributed by atoms with Crippen molar-refractivity contribution in [1.29, 1.82) is 0 Å². The lowest BCUT2D eigenvalue weighted by atomic mass is 10.0. The van der Waals surface area contributed by atoms with Crippen molar-refractivity contribution in [2.75, 3.05) is 6.54 Å². The zero-order chi connectivity index (χ0) is 18.6. The molecule has 5 heteroatoms. The van der Waals surface area contributed by atoms with Crippen LogP contribution in [0.1, 0.15) is 16.1 Å². The third-order valence-electron chi connectivity index (χ3n) is 4.38. The van der Waals surface area contributed by atoms with Crippen molar-refractivity contribution in [3.05, 3.63) is 90.2 Å². The van der Waals surface area contributed by atoms with E-state index in [-0.39, 0.29) is 17.4 Å². The molecule has 1 aromatic heterocycles. The Balaban J connectivity index is 1.49. The van der Waals surface area contributed by atoms with E-state index >= 15 is 0 Å². The van der Waals surface area contributed by atoms with Gasteiger partial charge in [-0.3, -0.25) is 4.79 Å². The van der Waals surface area contributed by atoms with Crippen LogP contribution in [0.5, 0.6) is 0 Å². The number of carbonyl (C=O) groups is 1. The molecule has 134 valence electrons. The lowest BCUT2D eigenvalue weighted by molar-refractivity contribution is 0.0950. The van der Waals surface area contributed by atoms with Crippen LogP contribution in [0, 0.1) is 5.82 Å². The standard InChI is InChI=1S/C22H17FN2O2/c23-19-7-3-4-15(12-19)10-11-24-22(26)20-21(27-14-25-20)18-9-8-16-5-1-2-6-17(16)13-18/h1-9,12-14H,10-11H2,(H,24,26). The number of fused-ring (bicyclic) bond motifs is 1. The average molecular weight is 360 g/mol. The summed E-state index contributed by atoms with van der Waals surface area (Å²) >= 11 is 0. The number of carbonyl (C=O) groups excluding carboxylic acids is 1. The second-order valence-corrected chi connectivity index (χ2v) is 6.23. The van der Waals surface area contributed by atoms with Crippen LogP contribution in [0.2, 0.25) is 0 Å². The van der Waals surface area contributed by atoms with Gasteiger partial charge in [-0.1, -0.05) is 48.5 Å². The molecule has 1 heterocycles. The van der Waals surface area contributed by atoms with E-state index in [0.717, 1.165) is 21.9 Å². The molecule has 4 aromatic rings. The van der Waals surface area contributed by atoms with Crippen LogP contribution >= 0.6 is 0 Å². The number of benzene rings is 3. The summed E-state index contributed by atoms with van der Waals surface area (Å²) < 4.78 is 18.7. The molecule has 4 nitrogen and oxygen atoms in total. The van der Waals surface area contributed by atoms with Gasteiger partial charge in [0.2, 0.25) is 0 Å². The molecule has 4 rings (SSSR count). The molecule has 27 heavy (non-hydrogen) atoms. The fourth-order valence-corrected chi connectivity index (χ4v) is 3.04. The van der Waals surface area contributed by atoms with Gasteiger partial charge in [0.25, 0.3) is 5.91 Å². The van der Waals surface area contributed by atoms with Gasteiger partial charge in [0.1, 0.15) is 5.82 Å². The van der Waals surface area contributed by atoms with Crippen LogP contribution < -0.4 is 5.32 Å². The molecule has 0 saturated carbocycles. The van der Waals surface area contributed by atoms with E-state index in [2.05, 4.69) is 10.3 Å². The molecule has 0 unspecified atom stereocenters. The average Bonchev–Trinajstić information content (AvgIpc) is 3.17. The number of halogens is 1. The Kier molecular flexibility index (Phi) is 4.66. The largest absolute Gasteiger partial charge is 0.443 e. The molecule has 1 N–H and O–H groups in total. The molecule has 0 spiro atoms. The van der Waals surface area contributed by atoms with Crippen LogP contribution in [-0.4, -0.2) is 17.4 Å². The van der Waals surface area contributed by atoms with Crippen molar-refractivity contribution in [2.24, 2.45) is 0 Å². The molecule has 0 aliphatic carbocycles. The van der Waals surface area contributed by atoms with Crippen molar-refractivity contribution < 1.29 is 13.6 Å². The van der Waals surface area contributed by atoms with Gasteiger partial charge >= 0.3 is 0 Å². The summed E-state index contributed by atoms with van der Waals surface area (Å²) in [6.07, 6.45) is 1.80. The first-order valence-corrected chi connectivity index (χ1v) is 8.66. The third-order valence-corrected chi connectivity index (χ3v) is 4.38. The smallest absolute Gasteiger partial charge is 0.273 e. The van der Waals surface area contributed by atoms with Gasteiger partial charge in [-0.15, -0.1) is 0 Å². The molecule has 0 atom stereocenters. The summed E-state index contributed by atoms with van der Waals surface area (Å²) in [6, 6.07) is 20.2. The molecular weight excluding hydrogens is 343 g/mol. The highest BCUT2D eigenvalue weighted by Gasteiger charge is 2.18. The van der Waals surface area contributed by atoms with Gasteiger partial charge in [0.05, 0.1) is 0 Å². The molecule has 0 aliphatic rings. The van der Waals surface area contributed by atoms with Crippen LogP contribution in [0.4, 0.5) is 4.39 Å². The molecule has 0 saturated heterocycles. The molecule has 1 amide bonds. The number of nitrogens with zero attached hydrogens (tertiary/aromatic N) is 1. The number of nitrogens with one attached hydrogen (secondary N) is 1. The van der Waals surface area contributed by atoms with E-state index in [1.54, 1.807) is 6.07 Å². The minimum Gasteiger partial charge on any atom is -0.443 e. The highest BCUT2D eigenvalue weighted by atomic mass is 19.1. The van der Waals surface area contributed by atoms with Crippen LogP contribution in [0.15, 0.2) is 77.5 Å². The lowest BCUT2D eigenvalue weighted by Crippen LogP contribution is -2.26. The number of hydrogen-bond donors (Lipinski definition) is 1. The highest BCUT2D eigenvalue weighted by Crippen LogP contribution is 2.27. The Morgan fingerprint density at radius 1 is 1.00 bits per heavy atom. The molecule has 0 aliphatic heterocycles. The molecular formula is C22H17FN2O2. The van der Waals surface area contributed by atoms with Crippen LogP contribution in [-0.2, 0) is 6.42 Å². The van der Waals surface area contributed by atoms with Gasteiger partial charge in [-0.25, -0.2) is 9.37 Å². The quantitative estimate of drug-likeness (QED) is 0.566. The Morgan fingerprint density at radius 3 is 2.70 bits per heavy atom. The van der Waals surface area contributed by atoms with E-state index in [1.807, 2.05) is 48.5 Å². The van der Waals surface area contributed by atoms with Crippen LogP contribution in [0.3, 0.4) is 0 Å². The second kappa shape index (κ2) is 7.41. The van der Waals surface area contributed by atoms with Gasteiger partial charge in [0.15, 0.2) is 17.8 Å². The van der Waals surface area contributed by atoms with E-state index in [1.165, 1.54) is 18.5 Å². The van der Waals surface area contributed by atoms with Crippen molar-refractivity contribution in [2.45, 2.75) is 6.42 Å². The maximum atomic E-state index is 13.2. The Labute approximate surface area is 155 Å². The fourth-order valence-electron chi connectivity index (χ4n) is 3.04. The molecule has 0 fully saturated rings. The number of oxazole rings is 1.